The number of hydrogen-bond donors (Lipinski definition) is 3. The normalized spacial score (nSPS) is 15.2. The second-order valence-corrected chi connectivity index (χ2v) is 14.7. The molecule has 0 radical (unpaired) electrons. The van der Waals surface area contributed by atoms with Crippen molar-refractivity contribution in [2.24, 2.45) is 17.8 Å². The molecule has 0 heterocycles. The summed E-state index contributed by atoms with van der Waals surface area (Å²) in [4.78, 5) is 40.6. The predicted octanol–water partition coefficient (Wildman–Crippen LogP) is 8.08. The molecule has 2 amide bonds. The number of allylic oxidation sites excluding steroid dienone is 2. The summed E-state index contributed by atoms with van der Waals surface area (Å²) >= 11 is 0. The van der Waals surface area contributed by atoms with Crippen LogP contribution < -0.4 is 15.4 Å². The molecule has 4 unspecified atom stereocenters. The van der Waals surface area contributed by atoms with E-state index in [0.29, 0.717) is 44.6 Å². The van der Waals surface area contributed by atoms with Gasteiger partial charge < -0.3 is 25.2 Å². The maximum atomic E-state index is 13.8. The number of unbranched alkanes of at least 4 members (excludes halogenated alkanes) is 1. The summed E-state index contributed by atoms with van der Waals surface area (Å²) in [5.41, 5.74) is 3.10. The van der Waals surface area contributed by atoms with Crippen LogP contribution in [0.25, 0.3) is 0 Å². The van der Waals surface area contributed by atoms with E-state index in [4.69, 9.17) is 9.47 Å². The van der Waals surface area contributed by atoms with Crippen LogP contribution in [-0.2, 0) is 38.6 Å². The highest BCUT2D eigenvalue weighted by Crippen LogP contribution is 2.28. The van der Waals surface area contributed by atoms with Gasteiger partial charge in [0.15, 0.2) is 0 Å². The first kappa shape index (κ1) is 42.1. The molecule has 1 fully saturated rings. The second kappa shape index (κ2) is 23.9. The van der Waals surface area contributed by atoms with Crippen molar-refractivity contribution in [3.05, 3.63) is 127 Å². The molecule has 8 heteroatoms. The lowest BCUT2D eigenvalue weighted by Gasteiger charge is -2.29. The van der Waals surface area contributed by atoms with Gasteiger partial charge >= 0.3 is 5.97 Å². The number of hydrogen-bond acceptors (Lipinski definition) is 6. The van der Waals surface area contributed by atoms with Gasteiger partial charge in [0.05, 0.1) is 30.5 Å². The summed E-state index contributed by atoms with van der Waals surface area (Å²) in [7, 11) is 0. The smallest absolute Gasteiger partial charge is 0.309 e. The number of amides is 2. The maximum absolute atomic E-state index is 13.8. The lowest BCUT2D eigenvalue weighted by Crippen LogP contribution is -2.45. The molecule has 0 aromatic heterocycles. The quantitative estimate of drug-likeness (QED) is 0.0487. The Morgan fingerprint density at radius 3 is 2.09 bits per heavy atom. The van der Waals surface area contributed by atoms with Crippen LogP contribution in [0.2, 0.25) is 0 Å². The van der Waals surface area contributed by atoms with Crippen molar-refractivity contribution in [3.63, 3.8) is 0 Å². The van der Waals surface area contributed by atoms with Crippen molar-refractivity contribution in [3.8, 4) is 5.75 Å². The van der Waals surface area contributed by atoms with E-state index in [1.54, 1.807) is 6.08 Å². The second-order valence-electron chi connectivity index (χ2n) is 14.7. The van der Waals surface area contributed by atoms with Crippen molar-refractivity contribution >= 4 is 17.8 Å². The molecule has 0 saturated heterocycles. The third kappa shape index (κ3) is 15.3. The number of aliphatic hydroxyl groups excluding tert-OH is 1. The molecule has 54 heavy (non-hydrogen) atoms. The zero-order valence-corrected chi connectivity index (χ0v) is 31.8. The Balaban J connectivity index is 1.33. The highest BCUT2D eigenvalue weighted by atomic mass is 16.5. The minimum atomic E-state index is -0.655. The molecule has 4 atom stereocenters. The van der Waals surface area contributed by atoms with E-state index in [9.17, 15) is 19.5 Å². The summed E-state index contributed by atoms with van der Waals surface area (Å²) in [5.74, 6) is -0.614. The number of aliphatic hydroxyl groups is 1. The van der Waals surface area contributed by atoms with Gasteiger partial charge in [-0.05, 0) is 79.7 Å². The molecule has 3 aromatic rings. The van der Waals surface area contributed by atoms with Gasteiger partial charge in [-0.1, -0.05) is 117 Å². The number of carbonyl (C=O) groups is 3. The van der Waals surface area contributed by atoms with Gasteiger partial charge in [0, 0.05) is 6.42 Å². The highest BCUT2D eigenvalue weighted by Gasteiger charge is 2.28. The SMILES string of the molecule is C=CCCCC(Cc1ccccc1)C(=O)OCC(CC1CCCCC1)NC(=O)C(CC=C)CC(=O)NC(CO)Cc1ccc(OCc2ccccc2)cc1. The zero-order chi connectivity index (χ0) is 38.4. The lowest BCUT2D eigenvalue weighted by molar-refractivity contribution is -0.150. The molecule has 1 saturated carbocycles. The van der Waals surface area contributed by atoms with Crippen LogP contribution in [0.3, 0.4) is 0 Å². The molecule has 3 N–H and O–H groups in total. The molecule has 8 nitrogen and oxygen atoms in total. The fraction of sp³-hybridized carbons (Fsp3) is 0.457. The fourth-order valence-electron chi connectivity index (χ4n) is 7.23. The monoisotopic (exact) mass is 736 g/mol. The number of carbonyl (C=O) groups excluding carboxylic acids is 3. The largest absolute Gasteiger partial charge is 0.489 e. The molecule has 0 bridgehead atoms. The first-order valence-corrected chi connectivity index (χ1v) is 19.7. The molecular formula is C46H60N2O6. The Hall–Kier alpha value is -4.69. The zero-order valence-electron chi connectivity index (χ0n) is 31.8. The van der Waals surface area contributed by atoms with E-state index in [1.165, 1.54) is 6.42 Å². The van der Waals surface area contributed by atoms with E-state index in [-0.39, 0.29) is 49.4 Å². The number of esters is 1. The van der Waals surface area contributed by atoms with E-state index >= 15 is 0 Å². The van der Waals surface area contributed by atoms with Gasteiger partial charge in [0.25, 0.3) is 0 Å². The van der Waals surface area contributed by atoms with E-state index in [1.807, 2.05) is 91.0 Å². The Morgan fingerprint density at radius 2 is 1.44 bits per heavy atom. The summed E-state index contributed by atoms with van der Waals surface area (Å²) in [6, 6.07) is 26.6. The third-order valence-corrected chi connectivity index (χ3v) is 10.2. The molecule has 4 rings (SSSR count). The first-order chi connectivity index (χ1) is 26.4. The Kier molecular flexibility index (Phi) is 18.6. The van der Waals surface area contributed by atoms with Crippen LogP contribution in [0.1, 0.15) is 87.3 Å². The number of nitrogens with one attached hydrogen (secondary N) is 2. The minimum Gasteiger partial charge on any atom is -0.489 e. The first-order valence-electron chi connectivity index (χ1n) is 19.7. The van der Waals surface area contributed by atoms with E-state index in [2.05, 4.69) is 23.8 Å². The fourth-order valence-corrected chi connectivity index (χ4v) is 7.23. The maximum Gasteiger partial charge on any atom is 0.309 e. The van der Waals surface area contributed by atoms with E-state index < -0.39 is 12.0 Å². The average molecular weight is 737 g/mol. The minimum absolute atomic E-state index is 0.0565. The standard InChI is InChI=1S/C46H60N2O6/c1-3-5-9-23-40(28-35-17-10-6-11-18-35)46(52)54-34-42(30-36-19-12-7-13-20-36)48-45(51)39(16-4-2)31-44(50)47-41(32-49)29-37-24-26-43(27-25-37)53-33-38-21-14-8-15-22-38/h3-4,6,8,10-11,14-15,17-18,21-22,24-27,36,39-42,49H,1-2,5,7,9,12-13,16,19-20,23,28-34H2,(H,47,50)(H,48,51). The molecular weight excluding hydrogens is 677 g/mol. The number of ether oxygens (including phenoxy) is 2. The van der Waals surface area contributed by atoms with Crippen molar-refractivity contribution in [2.45, 2.75) is 102 Å². The average Bonchev–Trinajstić information content (AvgIpc) is 3.20. The van der Waals surface area contributed by atoms with Crippen LogP contribution in [-0.4, -0.2) is 48.2 Å². The van der Waals surface area contributed by atoms with Crippen molar-refractivity contribution < 1.29 is 29.0 Å². The van der Waals surface area contributed by atoms with Crippen LogP contribution in [0.4, 0.5) is 0 Å². The van der Waals surface area contributed by atoms with Crippen molar-refractivity contribution in [2.75, 3.05) is 13.2 Å². The summed E-state index contributed by atoms with van der Waals surface area (Å²) < 4.78 is 11.9. The number of rotatable bonds is 24. The topological polar surface area (TPSA) is 114 Å². The van der Waals surface area contributed by atoms with Crippen LogP contribution in [0.15, 0.2) is 110 Å². The molecule has 1 aliphatic rings. The van der Waals surface area contributed by atoms with Crippen LogP contribution >= 0.6 is 0 Å². The number of benzene rings is 3. The van der Waals surface area contributed by atoms with Gasteiger partial charge in [-0.3, -0.25) is 14.4 Å². The van der Waals surface area contributed by atoms with Gasteiger partial charge in [-0.25, -0.2) is 0 Å². The van der Waals surface area contributed by atoms with Gasteiger partial charge in [0.1, 0.15) is 19.0 Å². The summed E-state index contributed by atoms with van der Waals surface area (Å²) in [6.07, 6.45) is 13.6. The Bertz CT molecular complexity index is 1560. The molecule has 3 aromatic carbocycles. The van der Waals surface area contributed by atoms with Gasteiger partial charge in [-0.2, -0.15) is 0 Å². The molecule has 290 valence electrons. The predicted molar refractivity (Wildman–Crippen MR) is 215 cm³/mol. The molecule has 0 spiro atoms. The van der Waals surface area contributed by atoms with E-state index in [0.717, 1.165) is 61.0 Å². The Labute approximate surface area is 322 Å². The van der Waals surface area contributed by atoms with Crippen LogP contribution in [0, 0.1) is 17.8 Å². The van der Waals surface area contributed by atoms with Crippen molar-refractivity contribution in [1.29, 1.82) is 0 Å². The van der Waals surface area contributed by atoms with Crippen LogP contribution in [0.5, 0.6) is 5.75 Å². The lowest BCUT2D eigenvalue weighted by atomic mass is 9.84. The van der Waals surface area contributed by atoms with Gasteiger partial charge in [0.2, 0.25) is 11.8 Å². The molecule has 0 aliphatic heterocycles. The third-order valence-electron chi connectivity index (χ3n) is 10.2. The summed E-state index contributed by atoms with van der Waals surface area (Å²) in [5, 5.41) is 16.2. The molecule has 1 aliphatic carbocycles. The summed E-state index contributed by atoms with van der Waals surface area (Å²) in [6.45, 7) is 7.97. The van der Waals surface area contributed by atoms with Gasteiger partial charge in [-0.15, -0.1) is 13.2 Å². The van der Waals surface area contributed by atoms with Crippen molar-refractivity contribution in [1.82, 2.24) is 10.6 Å². The Morgan fingerprint density at radius 1 is 0.778 bits per heavy atom. The highest BCUT2D eigenvalue weighted by molar-refractivity contribution is 5.86.